The Morgan fingerprint density at radius 3 is 2.72 bits per heavy atom. The maximum atomic E-state index is 12.7. The molecular formula is C15H21NO2. The second-order valence-electron chi connectivity index (χ2n) is 4.94. The number of hydrogen-bond acceptors (Lipinski definition) is 3. The summed E-state index contributed by atoms with van der Waals surface area (Å²) >= 11 is 0. The fourth-order valence-electron chi connectivity index (χ4n) is 2.72. The van der Waals surface area contributed by atoms with Gasteiger partial charge in [-0.15, -0.1) is 0 Å². The molecule has 1 aliphatic heterocycles. The van der Waals surface area contributed by atoms with Crippen LogP contribution in [-0.2, 0) is 0 Å². The van der Waals surface area contributed by atoms with E-state index in [1.807, 2.05) is 24.3 Å². The molecule has 1 aromatic rings. The van der Waals surface area contributed by atoms with Crippen molar-refractivity contribution in [1.82, 2.24) is 5.32 Å². The van der Waals surface area contributed by atoms with Crippen LogP contribution in [0.2, 0.25) is 0 Å². The van der Waals surface area contributed by atoms with Crippen LogP contribution in [0, 0.1) is 5.41 Å². The van der Waals surface area contributed by atoms with Gasteiger partial charge in [-0.05, 0) is 44.5 Å². The second-order valence-corrected chi connectivity index (χ2v) is 4.94. The van der Waals surface area contributed by atoms with E-state index >= 15 is 0 Å². The summed E-state index contributed by atoms with van der Waals surface area (Å²) < 4.78 is 5.19. The molecule has 0 saturated carbocycles. The van der Waals surface area contributed by atoms with Crippen LogP contribution in [0.5, 0.6) is 5.75 Å². The van der Waals surface area contributed by atoms with E-state index in [1.54, 1.807) is 7.11 Å². The Morgan fingerprint density at radius 2 is 2.11 bits per heavy atom. The van der Waals surface area contributed by atoms with Crippen molar-refractivity contribution in [2.75, 3.05) is 20.2 Å². The summed E-state index contributed by atoms with van der Waals surface area (Å²) in [5.74, 6) is 1.02. The maximum absolute atomic E-state index is 12.7. The number of hydrogen-bond donors (Lipinski definition) is 1. The van der Waals surface area contributed by atoms with Gasteiger partial charge < -0.3 is 10.1 Å². The lowest BCUT2D eigenvalue weighted by molar-refractivity contribution is 0.0717. The van der Waals surface area contributed by atoms with Gasteiger partial charge in [-0.1, -0.05) is 19.1 Å². The summed E-state index contributed by atoms with van der Waals surface area (Å²) in [4.78, 5) is 12.7. The lowest BCUT2D eigenvalue weighted by Crippen LogP contribution is -2.41. The minimum atomic E-state index is -0.183. The van der Waals surface area contributed by atoms with Gasteiger partial charge in [0, 0.05) is 11.0 Å². The highest BCUT2D eigenvalue weighted by Gasteiger charge is 2.38. The quantitative estimate of drug-likeness (QED) is 0.831. The average Bonchev–Trinajstić information content (AvgIpc) is 2.47. The third-order valence-electron chi connectivity index (χ3n) is 4.05. The number of ketones is 1. The third-order valence-corrected chi connectivity index (χ3v) is 4.05. The highest BCUT2D eigenvalue weighted by Crippen LogP contribution is 2.36. The zero-order valence-electron chi connectivity index (χ0n) is 11.2. The summed E-state index contributed by atoms with van der Waals surface area (Å²) in [6, 6.07) is 7.50. The summed E-state index contributed by atoms with van der Waals surface area (Å²) in [5, 5.41) is 3.33. The van der Waals surface area contributed by atoms with Crippen molar-refractivity contribution in [2.24, 2.45) is 5.41 Å². The number of ether oxygens (including phenoxy) is 1. The van der Waals surface area contributed by atoms with Crippen LogP contribution in [0.4, 0.5) is 0 Å². The Hall–Kier alpha value is -1.35. The Bertz CT molecular complexity index is 422. The molecule has 0 aliphatic carbocycles. The molecule has 1 N–H and O–H groups in total. The second kappa shape index (κ2) is 5.53. The van der Waals surface area contributed by atoms with Crippen molar-refractivity contribution in [3.05, 3.63) is 29.8 Å². The zero-order valence-corrected chi connectivity index (χ0v) is 11.2. The number of methoxy groups -OCH3 is 1. The van der Waals surface area contributed by atoms with Crippen molar-refractivity contribution >= 4 is 5.78 Å². The van der Waals surface area contributed by atoms with Crippen LogP contribution < -0.4 is 10.1 Å². The number of nitrogens with one attached hydrogen (secondary N) is 1. The molecule has 0 bridgehead atoms. The molecule has 1 aromatic carbocycles. The molecule has 0 radical (unpaired) electrons. The van der Waals surface area contributed by atoms with Gasteiger partial charge in [0.05, 0.1) is 7.11 Å². The van der Waals surface area contributed by atoms with Gasteiger partial charge in [0.25, 0.3) is 0 Å². The van der Waals surface area contributed by atoms with Gasteiger partial charge in [-0.25, -0.2) is 0 Å². The van der Waals surface area contributed by atoms with Crippen LogP contribution in [0.3, 0.4) is 0 Å². The molecule has 0 aromatic heterocycles. The fourth-order valence-corrected chi connectivity index (χ4v) is 2.72. The van der Waals surface area contributed by atoms with E-state index in [0.717, 1.165) is 43.7 Å². The highest BCUT2D eigenvalue weighted by atomic mass is 16.5. The van der Waals surface area contributed by atoms with Gasteiger partial charge in [0.15, 0.2) is 5.78 Å². The molecule has 1 aliphatic rings. The lowest BCUT2D eigenvalue weighted by atomic mass is 9.71. The van der Waals surface area contributed by atoms with E-state index in [1.165, 1.54) is 0 Å². The van der Waals surface area contributed by atoms with Crippen molar-refractivity contribution < 1.29 is 9.53 Å². The molecule has 2 rings (SSSR count). The predicted octanol–water partition coefficient (Wildman–Crippen LogP) is 2.66. The van der Waals surface area contributed by atoms with E-state index in [4.69, 9.17) is 4.74 Å². The summed E-state index contributed by atoms with van der Waals surface area (Å²) in [7, 11) is 1.63. The van der Waals surface area contributed by atoms with Gasteiger partial charge in [0.1, 0.15) is 5.75 Å². The van der Waals surface area contributed by atoms with Crippen LogP contribution in [0.15, 0.2) is 24.3 Å². The van der Waals surface area contributed by atoms with Crippen molar-refractivity contribution in [3.8, 4) is 5.75 Å². The predicted molar refractivity (Wildman–Crippen MR) is 72.2 cm³/mol. The van der Waals surface area contributed by atoms with E-state index in [9.17, 15) is 4.79 Å². The van der Waals surface area contributed by atoms with Crippen LogP contribution in [-0.4, -0.2) is 26.0 Å². The smallest absolute Gasteiger partial charge is 0.169 e. The van der Waals surface area contributed by atoms with Crippen LogP contribution in [0.25, 0.3) is 0 Å². The normalized spacial score (nSPS) is 18.3. The standard InChI is InChI=1S/C15H21NO2/c1-3-15(7-9-16-10-8-15)14(17)12-5-4-6-13(11-12)18-2/h4-6,11,16H,3,7-10H2,1-2H3. The molecule has 1 heterocycles. The molecule has 0 amide bonds. The molecular weight excluding hydrogens is 226 g/mol. The van der Waals surface area contributed by atoms with Crippen molar-refractivity contribution in [3.63, 3.8) is 0 Å². The van der Waals surface area contributed by atoms with Crippen LogP contribution >= 0.6 is 0 Å². The summed E-state index contributed by atoms with van der Waals surface area (Å²) in [6.45, 7) is 3.98. The van der Waals surface area contributed by atoms with E-state index < -0.39 is 0 Å². The Kier molecular flexibility index (Phi) is 4.02. The number of benzene rings is 1. The first-order chi connectivity index (χ1) is 8.72. The van der Waals surface area contributed by atoms with Gasteiger partial charge in [-0.2, -0.15) is 0 Å². The molecule has 1 saturated heterocycles. The first-order valence-corrected chi connectivity index (χ1v) is 6.61. The van der Waals surface area contributed by atoms with Crippen molar-refractivity contribution in [1.29, 1.82) is 0 Å². The first kappa shape index (κ1) is 13.1. The zero-order chi connectivity index (χ0) is 13.0. The Morgan fingerprint density at radius 1 is 1.39 bits per heavy atom. The van der Waals surface area contributed by atoms with Gasteiger partial charge in [-0.3, -0.25) is 4.79 Å². The molecule has 3 nitrogen and oxygen atoms in total. The number of carbonyl (C=O) groups excluding carboxylic acids is 1. The number of rotatable bonds is 4. The minimum absolute atomic E-state index is 0.183. The number of carbonyl (C=O) groups is 1. The molecule has 0 spiro atoms. The Balaban J connectivity index is 2.27. The SMILES string of the molecule is CCC1(C(=O)c2cccc(OC)c2)CCNCC1. The van der Waals surface area contributed by atoms with Gasteiger partial charge in [0.2, 0.25) is 0 Å². The molecule has 18 heavy (non-hydrogen) atoms. The summed E-state index contributed by atoms with van der Waals surface area (Å²) in [6.07, 6.45) is 2.77. The monoisotopic (exact) mass is 247 g/mol. The summed E-state index contributed by atoms with van der Waals surface area (Å²) in [5.41, 5.74) is 0.593. The molecule has 1 fully saturated rings. The molecule has 0 atom stereocenters. The average molecular weight is 247 g/mol. The fraction of sp³-hybridized carbons (Fsp3) is 0.533. The largest absolute Gasteiger partial charge is 0.497 e. The van der Waals surface area contributed by atoms with Crippen LogP contribution in [0.1, 0.15) is 36.5 Å². The van der Waals surface area contributed by atoms with E-state index in [0.29, 0.717) is 0 Å². The first-order valence-electron chi connectivity index (χ1n) is 6.61. The minimum Gasteiger partial charge on any atom is -0.497 e. The maximum Gasteiger partial charge on any atom is 0.169 e. The van der Waals surface area contributed by atoms with Crippen molar-refractivity contribution in [2.45, 2.75) is 26.2 Å². The highest BCUT2D eigenvalue weighted by molar-refractivity contribution is 6.00. The van der Waals surface area contributed by atoms with Gasteiger partial charge >= 0.3 is 0 Å². The van der Waals surface area contributed by atoms with E-state index in [2.05, 4.69) is 12.2 Å². The van der Waals surface area contributed by atoms with E-state index in [-0.39, 0.29) is 11.2 Å². The Labute approximate surface area is 109 Å². The third kappa shape index (κ3) is 2.41. The lowest BCUT2D eigenvalue weighted by Gasteiger charge is -2.35. The topological polar surface area (TPSA) is 38.3 Å². The number of Topliss-reactive ketones (excluding diaryl/α,β-unsaturated/α-hetero) is 1. The number of piperidine rings is 1. The molecule has 98 valence electrons. The molecule has 0 unspecified atom stereocenters. The molecule has 3 heteroatoms.